The van der Waals surface area contributed by atoms with E-state index in [0.29, 0.717) is 0 Å². The average molecular weight is 449 g/mol. The molecule has 2 aliphatic rings. The van der Waals surface area contributed by atoms with Crippen LogP contribution in [-0.4, -0.2) is 42.4 Å². The minimum absolute atomic E-state index is 0.0134. The van der Waals surface area contributed by atoms with Crippen LogP contribution >= 0.6 is 0 Å². The minimum Gasteiger partial charge on any atom is -0.465 e. The molecule has 0 radical (unpaired) electrons. The van der Waals surface area contributed by atoms with Crippen molar-refractivity contribution in [2.75, 3.05) is 18.5 Å². The number of nitrogens with zero attached hydrogens (tertiary/aromatic N) is 3. The average Bonchev–Trinajstić information content (AvgIpc) is 3.15. The highest BCUT2D eigenvalue weighted by molar-refractivity contribution is 6.02. The Hall–Kier alpha value is -3.72. The Morgan fingerprint density at radius 2 is 2.09 bits per heavy atom. The Bertz CT molecular complexity index is 1130. The minimum atomic E-state index is -4.72. The van der Waals surface area contributed by atoms with Crippen molar-refractivity contribution >= 4 is 17.6 Å². The summed E-state index contributed by atoms with van der Waals surface area (Å²) in [7, 11) is 0. The van der Waals surface area contributed by atoms with Crippen molar-refractivity contribution in [1.29, 1.82) is 5.26 Å². The fourth-order valence-electron chi connectivity index (χ4n) is 3.82. The number of halogens is 4. The van der Waals surface area contributed by atoms with Gasteiger partial charge in [0.2, 0.25) is 0 Å². The molecule has 12 heteroatoms. The molecule has 32 heavy (non-hydrogen) atoms. The maximum absolute atomic E-state index is 14.8. The summed E-state index contributed by atoms with van der Waals surface area (Å²) in [4.78, 5) is 20.3. The van der Waals surface area contributed by atoms with Crippen LogP contribution in [0.15, 0.2) is 41.5 Å². The Labute approximate surface area is 178 Å². The number of nitrogens with two attached hydrogens (primary N) is 1. The molecule has 1 fully saturated rings. The van der Waals surface area contributed by atoms with Crippen LogP contribution in [-0.2, 0) is 15.0 Å². The molecule has 0 saturated carbocycles. The Kier molecular flexibility index (Phi) is 5.21. The van der Waals surface area contributed by atoms with Crippen LogP contribution in [0.2, 0.25) is 0 Å². The van der Waals surface area contributed by atoms with Gasteiger partial charge in [-0.15, -0.1) is 0 Å². The molecule has 2 aliphatic heterocycles. The van der Waals surface area contributed by atoms with Gasteiger partial charge in [-0.25, -0.2) is 14.4 Å². The summed E-state index contributed by atoms with van der Waals surface area (Å²) in [6.07, 6.45) is -5.73. The largest absolute Gasteiger partial charge is 0.465 e. The van der Waals surface area contributed by atoms with Gasteiger partial charge >= 0.3 is 6.18 Å². The van der Waals surface area contributed by atoms with Crippen molar-refractivity contribution in [1.82, 2.24) is 4.98 Å². The molecular weight excluding hydrogens is 434 g/mol. The Morgan fingerprint density at radius 3 is 2.75 bits per heavy atom. The van der Waals surface area contributed by atoms with Crippen LogP contribution in [0.1, 0.15) is 21.6 Å². The molecule has 0 bridgehead atoms. The fourth-order valence-corrected chi connectivity index (χ4v) is 3.82. The summed E-state index contributed by atoms with van der Waals surface area (Å²) in [5.41, 5.74) is 3.95. The van der Waals surface area contributed by atoms with Gasteiger partial charge in [0, 0.05) is 17.4 Å². The second kappa shape index (κ2) is 7.76. The normalized spacial score (nSPS) is 24.7. The van der Waals surface area contributed by atoms with Crippen LogP contribution in [0.4, 0.5) is 23.2 Å². The van der Waals surface area contributed by atoms with Gasteiger partial charge < -0.3 is 20.5 Å². The SMILES string of the molecule is N#Cc1ccc(C(=O)Nc2ccc(F)c(C34CO[C@H](C(F)(F)F)C3COC(N)=N4)c2)nc1. The third-order valence-electron chi connectivity index (χ3n) is 5.32. The number of nitriles is 1. The van der Waals surface area contributed by atoms with Gasteiger partial charge in [0.05, 0.1) is 24.7 Å². The summed E-state index contributed by atoms with van der Waals surface area (Å²) >= 11 is 0. The van der Waals surface area contributed by atoms with Gasteiger partial charge in [-0.05, 0) is 30.3 Å². The number of alkyl halides is 3. The number of hydrogen-bond donors (Lipinski definition) is 2. The molecule has 1 aromatic carbocycles. The van der Waals surface area contributed by atoms with Crippen LogP contribution in [0, 0.1) is 23.1 Å². The molecule has 1 aromatic heterocycles. The van der Waals surface area contributed by atoms with E-state index in [4.69, 9.17) is 20.5 Å². The zero-order chi connectivity index (χ0) is 23.1. The van der Waals surface area contributed by atoms with Crippen LogP contribution in [0.3, 0.4) is 0 Å². The van der Waals surface area contributed by atoms with Crippen molar-refractivity contribution in [3.8, 4) is 6.07 Å². The molecule has 166 valence electrons. The number of aliphatic imine (C=N–C) groups is 1. The van der Waals surface area contributed by atoms with Gasteiger partial charge in [0.1, 0.15) is 23.1 Å². The maximum Gasteiger partial charge on any atom is 0.415 e. The lowest BCUT2D eigenvalue weighted by Gasteiger charge is -2.36. The fraction of sp³-hybridized carbons (Fsp3) is 0.300. The summed E-state index contributed by atoms with van der Waals surface area (Å²) in [5, 5.41) is 11.3. The number of aromatic nitrogens is 1. The number of anilines is 1. The zero-order valence-corrected chi connectivity index (χ0v) is 16.2. The van der Waals surface area contributed by atoms with Gasteiger partial charge in [0.25, 0.3) is 11.9 Å². The van der Waals surface area contributed by atoms with E-state index in [9.17, 15) is 22.4 Å². The highest BCUT2D eigenvalue weighted by atomic mass is 19.4. The van der Waals surface area contributed by atoms with E-state index in [-0.39, 0.29) is 28.5 Å². The first-order valence-corrected chi connectivity index (χ1v) is 9.28. The van der Waals surface area contributed by atoms with Gasteiger partial charge in [-0.3, -0.25) is 4.79 Å². The maximum atomic E-state index is 14.8. The number of ether oxygens (including phenoxy) is 2. The van der Waals surface area contributed by atoms with E-state index in [1.54, 1.807) is 0 Å². The van der Waals surface area contributed by atoms with Crippen molar-refractivity contribution in [2.45, 2.75) is 17.8 Å². The van der Waals surface area contributed by atoms with E-state index in [1.165, 1.54) is 30.5 Å². The van der Waals surface area contributed by atoms with Crippen molar-refractivity contribution in [2.24, 2.45) is 16.6 Å². The molecule has 4 rings (SSSR count). The second-order valence-corrected chi connectivity index (χ2v) is 7.26. The lowest BCUT2D eigenvalue weighted by Crippen LogP contribution is -2.48. The molecule has 3 N–H and O–H groups in total. The number of carbonyl (C=O) groups excluding carboxylic acids is 1. The van der Waals surface area contributed by atoms with E-state index in [0.717, 1.165) is 6.07 Å². The number of amidine groups is 1. The highest BCUT2D eigenvalue weighted by Crippen LogP contribution is 2.50. The predicted molar refractivity (Wildman–Crippen MR) is 102 cm³/mol. The van der Waals surface area contributed by atoms with Crippen LogP contribution < -0.4 is 11.1 Å². The summed E-state index contributed by atoms with van der Waals surface area (Å²) in [5.74, 6) is -2.88. The first-order chi connectivity index (χ1) is 15.1. The molecular formula is C20H15F4N5O3. The Morgan fingerprint density at radius 1 is 1.31 bits per heavy atom. The molecule has 3 atom stereocenters. The molecule has 0 aliphatic carbocycles. The van der Waals surface area contributed by atoms with E-state index in [1.807, 2.05) is 6.07 Å². The first kappa shape index (κ1) is 21.5. The van der Waals surface area contributed by atoms with Crippen LogP contribution in [0.25, 0.3) is 0 Å². The number of rotatable bonds is 3. The lowest BCUT2D eigenvalue weighted by atomic mass is 9.77. The van der Waals surface area contributed by atoms with Crippen molar-refractivity contribution < 1.29 is 31.8 Å². The monoisotopic (exact) mass is 449 g/mol. The zero-order valence-electron chi connectivity index (χ0n) is 16.2. The van der Waals surface area contributed by atoms with Gasteiger partial charge in [0.15, 0.2) is 6.10 Å². The van der Waals surface area contributed by atoms with E-state index < -0.39 is 48.7 Å². The predicted octanol–water partition coefficient (Wildman–Crippen LogP) is 2.46. The topological polar surface area (TPSA) is 123 Å². The highest BCUT2D eigenvalue weighted by Gasteiger charge is 2.62. The number of fused-ring (bicyclic) bond motifs is 1. The number of nitrogens with one attached hydrogen (secondary N) is 1. The molecule has 1 amide bonds. The molecule has 8 nitrogen and oxygen atoms in total. The second-order valence-electron chi connectivity index (χ2n) is 7.26. The molecule has 2 unspecified atom stereocenters. The quantitative estimate of drug-likeness (QED) is 0.694. The molecule has 1 saturated heterocycles. The Balaban J connectivity index is 1.69. The summed E-state index contributed by atoms with van der Waals surface area (Å²) in [6.45, 7) is -1.04. The van der Waals surface area contributed by atoms with Crippen molar-refractivity contribution in [3.63, 3.8) is 0 Å². The summed E-state index contributed by atoms with van der Waals surface area (Å²) < 4.78 is 65.2. The molecule has 2 aromatic rings. The number of amides is 1. The first-order valence-electron chi connectivity index (χ1n) is 9.28. The summed E-state index contributed by atoms with van der Waals surface area (Å²) in [6, 6.07) is 7.65. The van der Waals surface area contributed by atoms with Gasteiger partial charge in [-0.1, -0.05) is 0 Å². The van der Waals surface area contributed by atoms with Crippen molar-refractivity contribution in [3.05, 3.63) is 59.2 Å². The third-order valence-corrected chi connectivity index (χ3v) is 5.32. The van der Waals surface area contributed by atoms with E-state index in [2.05, 4.69) is 15.3 Å². The number of benzene rings is 1. The van der Waals surface area contributed by atoms with E-state index >= 15 is 0 Å². The van der Waals surface area contributed by atoms with Crippen LogP contribution in [0.5, 0.6) is 0 Å². The lowest BCUT2D eigenvalue weighted by molar-refractivity contribution is -0.219. The standard InChI is InChI=1S/C20H15F4N5O3/c21-14-3-2-11(28-17(30)15-4-1-10(6-25)7-27-15)5-12(14)19-9-32-16(20(22,23)24)13(19)8-31-18(26)29-19/h1-5,7,13,16H,8-9H2,(H2,26,29)(H,28,30)/t13?,16-,19?/m0/s1. The number of pyridine rings is 1. The smallest absolute Gasteiger partial charge is 0.415 e. The molecule has 0 spiro atoms. The number of hydrogen-bond acceptors (Lipinski definition) is 7. The third kappa shape index (κ3) is 3.71. The number of carbonyl (C=O) groups is 1. The van der Waals surface area contributed by atoms with Gasteiger partial charge in [-0.2, -0.15) is 18.4 Å². The molecule has 3 heterocycles.